The SMILES string of the molecule is C.CC.CC.CC.CC.CC(C)C(c1ccccc1)c1ccccc1.CC(C)Cc1ccccc1-c1ccccc1. The van der Waals surface area contributed by atoms with Gasteiger partial charge in [-0.15, -0.1) is 0 Å². The fourth-order valence-electron chi connectivity index (χ4n) is 4.32. The van der Waals surface area contributed by atoms with Crippen LogP contribution in [0.25, 0.3) is 11.1 Å². The first-order valence-electron chi connectivity index (χ1n) is 15.8. The molecule has 0 atom stereocenters. The Balaban J connectivity index is -0.000000556. The number of benzene rings is 4. The van der Waals surface area contributed by atoms with E-state index in [1.165, 1.54) is 27.8 Å². The zero-order valence-corrected chi connectivity index (χ0v) is 27.9. The standard InChI is InChI=1S/2C16H18.4C2H6.CH4/c1-13(2)16(14-9-5-3-6-10-14)15-11-7-4-8-12-15;1-13(2)12-15-10-6-7-11-16(15)14-8-4-3-5-9-14;4*1-2;/h3-13,16H,1-2H3;3-11,13H,12H2,1-2H3;4*1-2H3;1H4. The molecule has 0 aromatic heterocycles. The Bertz CT molecular complexity index is 991. The quantitative estimate of drug-likeness (QED) is 0.221. The van der Waals surface area contributed by atoms with Crippen LogP contribution in [0.4, 0.5) is 0 Å². The van der Waals surface area contributed by atoms with E-state index in [0.717, 1.165) is 6.42 Å². The highest BCUT2D eigenvalue weighted by atomic mass is 14.2. The lowest BCUT2D eigenvalue weighted by molar-refractivity contribution is 0.564. The van der Waals surface area contributed by atoms with Crippen LogP contribution in [0.3, 0.4) is 0 Å². The molecule has 41 heavy (non-hydrogen) atoms. The summed E-state index contributed by atoms with van der Waals surface area (Å²) in [7, 11) is 0. The van der Waals surface area contributed by atoms with Crippen molar-refractivity contribution >= 4 is 0 Å². The second-order valence-electron chi connectivity index (χ2n) is 9.16. The minimum absolute atomic E-state index is 0. The summed E-state index contributed by atoms with van der Waals surface area (Å²) >= 11 is 0. The highest BCUT2D eigenvalue weighted by molar-refractivity contribution is 5.67. The summed E-state index contributed by atoms with van der Waals surface area (Å²) in [5, 5.41) is 0. The van der Waals surface area contributed by atoms with E-state index in [1.54, 1.807) is 0 Å². The molecule has 4 aromatic carbocycles. The molecule has 0 aliphatic heterocycles. The molecule has 0 radical (unpaired) electrons. The lowest BCUT2D eigenvalue weighted by atomic mass is 9.83. The molecule has 4 rings (SSSR count). The van der Waals surface area contributed by atoms with Gasteiger partial charge < -0.3 is 0 Å². The van der Waals surface area contributed by atoms with Crippen molar-refractivity contribution in [3.63, 3.8) is 0 Å². The van der Waals surface area contributed by atoms with Crippen molar-refractivity contribution in [2.75, 3.05) is 0 Å². The molecule has 0 unspecified atom stereocenters. The molecule has 0 fully saturated rings. The van der Waals surface area contributed by atoms with E-state index in [4.69, 9.17) is 0 Å². The van der Waals surface area contributed by atoms with Crippen LogP contribution in [0.2, 0.25) is 0 Å². The van der Waals surface area contributed by atoms with Gasteiger partial charge in [-0.1, -0.05) is 206 Å². The number of rotatable bonds is 6. The average Bonchev–Trinajstić information content (AvgIpc) is 3.03. The molecule has 0 saturated carbocycles. The van der Waals surface area contributed by atoms with E-state index in [-0.39, 0.29) is 7.43 Å². The Labute approximate surface area is 257 Å². The van der Waals surface area contributed by atoms with Crippen molar-refractivity contribution in [2.45, 2.75) is 103 Å². The van der Waals surface area contributed by atoms with E-state index in [1.807, 2.05) is 55.4 Å². The molecular formula is C41H64. The maximum absolute atomic E-state index is 2.28. The first-order chi connectivity index (χ1) is 19.6. The van der Waals surface area contributed by atoms with E-state index in [0.29, 0.717) is 17.8 Å². The van der Waals surface area contributed by atoms with Crippen LogP contribution >= 0.6 is 0 Å². The summed E-state index contributed by atoms with van der Waals surface area (Å²) in [6.45, 7) is 25.1. The van der Waals surface area contributed by atoms with Crippen LogP contribution in [0.5, 0.6) is 0 Å². The lowest BCUT2D eigenvalue weighted by Gasteiger charge is -2.21. The largest absolute Gasteiger partial charge is 0.0776 e. The van der Waals surface area contributed by atoms with Crippen molar-refractivity contribution in [3.05, 3.63) is 132 Å². The van der Waals surface area contributed by atoms with Gasteiger partial charge in [0.25, 0.3) is 0 Å². The van der Waals surface area contributed by atoms with E-state index in [2.05, 4.69) is 143 Å². The van der Waals surface area contributed by atoms with Crippen LogP contribution in [0.1, 0.15) is 113 Å². The highest BCUT2D eigenvalue weighted by Crippen LogP contribution is 2.31. The van der Waals surface area contributed by atoms with Gasteiger partial charge in [0.2, 0.25) is 0 Å². The normalized spacial score (nSPS) is 9.05. The maximum atomic E-state index is 2.28. The molecular weight excluding hydrogens is 492 g/mol. The molecule has 0 heteroatoms. The molecule has 0 aliphatic carbocycles. The van der Waals surface area contributed by atoms with Crippen LogP contribution in [-0.4, -0.2) is 0 Å². The molecule has 0 amide bonds. The lowest BCUT2D eigenvalue weighted by Crippen LogP contribution is -2.08. The molecule has 0 spiro atoms. The van der Waals surface area contributed by atoms with Gasteiger partial charge in [0, 0.05) is 5.92 Å². The van der Waals surface area contributed by atoms with Crippen LogP contribution < -0.4 is 0 Å². The Morgan fingerprint density at radius 1 is 0.439 bits per heavy atom. The van der Waals surface area contributed by atoms with Gasteiger partial charge in [-0.25, -0.2) is 0 Å². The third-order valence-electron chi connectivity index (χ3n) is 5.71. The van der Waals surface area contributed by atoms with Crippen LogP contribution in [0, 0.1) is 11.8 Å². The topological polar surface area (TPSA) is 0 Å². The fourth-order valence-corrected chi connectivity index (χ4v) is 4.32. The molecule has 0 nitrogen and oxygen atoms in total. The zero-order chi connectivity index (χ0) is 30.8. The summed E-state index contributed by atoms with van der Waals surface area (Å²) < 4.78 is 0. The Morgan fingerprint density at radius 2 is 0.780 bits per heavy atom. The first-order valence-corrected chi connectivity index (χ1v) is 15.8. The molecule has 0 heterocycles. The van der Waals surface area contributed by atoms with E-state index >= 15 is 0 Å². The first kappa shape index (κ1) is 42.3. The van der Waals surface area contributed by atoms with Crippen molar-refractivity contribution in [1.82, 2.24) is 0 Å². The molecule has 0 bridgehead atoms. The van der Waals surface area contributed by atoms with E-state index in [9.17, 15) is 0 Å². The van der Waals surface area contributed by atoms with Gasteiger partial charge in [0.05, 0.1) is 0 Å². The van der Waals surface area contributed by atoms with Gasteiger partial charge in [-0.05, 0) is 46.1 Å². The Hall–Kier alpha value is -3.12. The predicted octanol–water partition coefficient (Wildman–Crippen LogP) is 13.8. The van der Waals surface area contributed by atoms with Crippen LogP contribution in [-0.2, 0) is 6.42 Å². The van der Waals surface area contributed by atoms with Gasteiger partial charge in [-0.3, -0.25) is 0 Å². The maximum Gasteiger partial charge on any atom is 0.0112 e. The minimum Gasteiger partial charge on any atom is -0.0776 e. The molecule has 0 saturated heterocycles. The number of hydrogen-bond acceptors (Lipinski definition) is 0. The molecule has 0 N–H and O–H groups in total. The monoisotopic (exact) mass is 557 g/mol. The number of hydrogen-bond donors (Lipinski definition) is 0. The Morgan fingerprint density at radius 3 is 1.15 bits per heavy atom. The van der Waals surface area contributed by atoms with Crippen molar-refractivity contribution in [1.29, 1.82) is 0 Å². The fraction of sp³-hybridized carbons (Fsp3) is 0.415. The van der Waals surface area contributed by atoms with Crippen molar-refractivity contribution in [2.24, 2.45) is 11.8 Å². The van der Waals surface area contributed by atoms with E-state index < -0.39 is 0 Å². The molecule has 4 aromatic rings. The third-order valence-corrected chi connectivity index (χ3v) is 5.71. The third kappa shape index (κ3) is 16.7. The summed E-state index contributed by atoms with van der Waals surface area (Å²) in [5.74, 6) is 1.82. The summed E-state index contributed by atoms with van der Waals surface area (Å²) in [6, 6.07) is 40.8. The van der Waals surface area contributed by atoms with Crippen molar-refractivity contribution < 1.29 is 0 Å². The summed E-state index contributed by atoms with van der Waals surface area (Å²) in [5.41, 5.74) is 6.95. The molecule has 0 aliphatic rings. The van der Waals surface area contributed by atoms with Gasteiger partial charge in [0.1, 0.15) is 0 Å². The summed E-state index contributed by atoms with van der Waals surface area (Å²) in [6.07, 6.45) is 1.14. The van der Waals surface area contributed by atoms with Gasteiger partial charge >= 0.3 is 0 Å². The predicted molar refractivity (Wildman–Crippen MR) is 192 cm³/mol. The molecule has 228 valence electrons. The zero-order valence-electron chi connectivity index (χ0n) is 27.9. The average molecular weight is 557 g/mol. The van der Waals surface area contributed by atoms with Gasteiger partial charge in [0.15, 0.2) is 0 Å². The smallest absolute Gasteiger partial charge is 0.0112 e. The minimum atomic E-state index is 0. The van der Waals surface area contributed by atoms with Crippen molar-refractivity contribution in [3.8, 4) is 11.1 Å². The van der Waals surface area contributed by atoms with Gasteiger partial charge in [-0.2, -0.15) is 0 Å². The van der Waals surface area contributed by atoms with Crippen LogP contribution in [0.15, 0.2) is 115 Å². The second kappa shape index (κ2) is 28.4. The second-order valence-corrected chi connectivity index (χ2v) is 9.16. The Kier molecular flexibility index (Phi) is 29.3. The summed E-state index contributed by atoms with van der Waals surface area (Å²) in [4.78, 5) is 0. The highest BCUT2D eigenvalue weighted by Gasteiger charge is 2.17.